The van der Waals surface area contributed by atoms with Crippen molar-refractivity contribution in [2.75, 3.05) is 13.2 Å². The standard InChI is InChI=1S/C83H161NO5/c1-3-5-7-9-11-13-15-17-18-19-20-42-45-48-52-55-59-63-67-71-75-81(86)80(79-85)84-82(87)76-72-68-64-60-56-53-49-46-43-40-38-36-34-32-30-28-26-24-22-21-23-25-27-29-31-33-35-37-39-41-44-47-50-54-58-62-66-70-74-78-89-83(88)77-73-69-65-61-57-51-16-14-12-10-8-6-4-2/h14,16,21-22,80-81,85-86H,3-13,15,17-20,23-79H2,1-2H3,(H,84,87)/b16-14-,22-21-. The van der Waals surface area contributed by atoms with Gasteiger partial charge in [0, 0.05) is 12.8 Å². The zero-order valence-corrected chi connectivity index (χ0v) is 60.7. The Balaban J connectivity index is 3.32. The van der Waals surface area contributed by atoms with E-state index in [-0.39, 0.29) is 18.5 Å². The molecule has 0 aromatic heterocycles. The molecule has 528 valence electrons. The molecule has 1 amide bonds. The lowest BCUT2D eigenvalue weighted by atomic mass is 10.0. The van der Waals surface area contributed by atoms with E-state index >= 15 is 0 Å². The Morgan fingerprint density at radius 3 is 0.809 bits per heavy atom. The van der Waals surface area contributed by atoms with Crippen LogP contribution in [-0.2, 0) is 14.3 Å². The number of amides is 1. The molecule has 0 aliphatic carbocycles. The Labute approximate surface area is 558 Å². The number of unbranched alkanes of at least 4 members (excludes halogenated alkanes) is 63. The minimum absolute atomic E-state index is 0.0140. The predicted molar refractivity (Wildman–Crippen MR) is 393 cm³/mol. The van der Waals surface area contributed by atoms with E-state index in [1.807, 2.05) is 0 Å². The summed E-state index contributed by atoms with van der Waals surface area (Å²) in [5.74, 6) is -0.0113. The Morgan fingerprint density at radius 2 is 0.528 bits per heavy atom. The minimum atomic E-state index is -0.662. The van der Waals surface area contributed by atoms with Crippen molar-refractivity contribution in [1.82, 2.24) is 5.32 Å². The van der Waals surface area contributed by atoms with Gasteiger partial charge in [-0.1, -0.05) is 404 Å². The van der Waals surface area contributed by atoms with Gasteiger partial charge in [0.25, 0.3) is 0 Å². The van der Waals surface area contributed by atoms with Gasteiger partial charge in [-0.3, -0.25) is 9.59 Å². The maximum Gasteiger partial charge on any atom is 0.305 e. The lowest BCUT2D eigenvalue weighted by Gasteiger charge is -2.22. The van der Waals surface area contributed by atoms with E-state index in [4.69, 9.17) is 4.74 Å². The molecule has 6 heteroatoms. The summed E-state index contributed by atoms with van der Waals surface area (Å²) in [5.41, 5.74) is 0. The van der Waals surface area contributed by atoms with Gasteiger partial charge in [0.05, 0.1) is 25.4 Å². The molecule has 0 saturated heterocycles. The number of allylic oxidation sites excluding steroid dienone is 4. The quantitative estimate of drug-likeness (QED) is 0.0320. The normalized spacial score (nSPS) is 12.5. The summed E-state index contributed by atoms with van der Waals surface area (Å²) >= 11 is 0. The van der Waals surface area contributed by atoms with Crippen LogP contribution in [0.1, 0.15) is 470 Å². The van der Waals surface area contributed by atoms with E-state index in [1.54, 1.807) is 0 Å². The van der Waals surface area contributed by atoms with E-state index in [1.165, 1.54) is 392 Å². The first-order chi connectivity index (χ1) is 44.0. The van der Waals surface area contributed by atoms with Crippen molar-refractivity contribution in [2.24, 2.45) is 0 Å². The lowest BCUT2D eigenvalue weighted by Crippen LogP contribution is -2.45. The zero-order valence-electron chi connectivity index (χ0n) is 60.7. The van der Waals surface area contributed by atoms with E-state index < -0.39 is 12.1 Å². The summed E-state index contributed by atoms with van der Waals surface area (Å²) in [7, 11) is 0. The smallest absolute Gasteiger partial charge is 0.305 e. The summed E-state index contributed by atoms with van der Waals surface area (Å²) in [6, 6.07) is -0.539. The zero-order chi connectivity index (χ0) is 64.2. The highest BCUT2D eigenvalue weighted by atomic mass is 16.5. The van der Waals surface area contributed by atoms with Crippen LogP contribution in [0.25, 0.3) is 0 Å². The summed E-state index contributed by atoms with van der Waals surface area (Å²) in [6.45, 7) is 4.99. The SMILES string of the molecule is CCCCCC/C=C\CCCCCCCC(=O)OCCCCCCCCCCCCCCCCCCCC/C=C\CCCCCCCCCCCCCCCCCCCC(=O)NC(CO)C(O)CCCCCCCCCCCCCCCCCCCCCC. The summed E-state index contributed by atoms with van der Waals surface area (Å²) < 4.78 is 5.49. The number of carbonyl (C=O) groups is 2. The molecule has 89 heavy (non-hydrogen) atoms. The van der Waals surface area contributed by atoms with Crippen molar-refractivity contribution < 1.29 is 24.5 Å². The number of hydrogen-bond acceptors (Lipinski definition) is 5. The molecule has 6 nitrogen and oxygen atoms in total. The number of aliphatic hydroxyl groups is 2. The fraction of sp³-hybridized carbons (Fsp3) is 0.928. The first-order valence-electron chi connectivity index (χ1n) is 41.1. The van der Waals surface area contributed by atoms with Gasteiger partial charge in [-0.2, -0.15) is 0 Å². The van der Waals surface area contributed by atoms with Crippen molar-refractivity contribution in [3.05, 3.63) is 24.3 Å². The van der Waals surface area contributed by atoms with Crippen LogP contribution in [0.4, 0.5) is 0 Å². The third kappa shape index (κ3) is 75.3. The number of nitrogens with one attached hydrogen (secondary N) is 1. The fourth-order valence-corrected chi connectivity index (χ4v) is 13.2. The van der Waals surface area contributed by atoms with Gasteiger partial charge in [-0.15, -0.1) is 0 Å². The van der Waals surface area contributed by atoms with Gasteiger partial charge in [-0.05, 0) is 77.0 Å². The third-order valence-corrected chi connectivity index (χ3v) is 19.5. The van der Waals surface area contributed by atoms with Crippen molar-refractivity contribution in [3.8, 4) is 0 Å². The fourth-order valence-electron chi connectivity index (χ4n) is 13.2. The first-order valence-corrected chi connectivity index (χ1v) is 41.1. The molecule has 0 aliphatic heterocycles. The molecular weight excluding hydrogens is 1090 g/mol. The molecule has 0 heterocycles. The number of carbonyl (C=O) groups excluding carboxylic acids is 2. The molecule has 0 bridgehead atoms. The van der Waals surface area contributed by atoms with E-state index in [0.717, 1.165) is 44.9 Å². The second kappa shape index (κ2) is 78.8. The molecule has 0 saturated carbocycles. The molecule has 0 rings (SSSR count). The van der Waals surface area contributed by atoms with Gasteiger partial charge in [-0.25, -0.2) is 0 Å². The summed E-state index contributed by atoms with van der Waals surface area (Å²) in [6.07, 6.45) is 102. The molecule has 0 spiro atoms. The summed E-state index contributed by atoms with van der Waals surface area (Å²) in [4.78, 5) is 24.6. The van der Waals surface area contributed by atoms with Crippen molar-refractivity contribution >= 4 is 11.9 Å². The molecule has 2 atom stereocenters. The molecule has 0 fully saturated rings. The summed E-state index contributed by atoms with van der Waals surface area (Å²) in [5, 5.41) is 23.5. The van der Waals surface area contributed by atoms with Crippen molar-refractivity contribution in [3.63, 3.8) is 0 Å². The maximum absolute atomic E-state index is 12.6. The molecule has 2 unspecified atom stereocenters. The first kappa shape index (κ1) is 87.3. The predicted octanol–water partition coefficient (Wildman–Crippen LogP) is 27.2. The second-order valence-electron chi connectivity index (χ2n) is 28.5. The number of aliphatic hydroxyl groups excluding tert-OH is 2. The topological polar surface area (TPSA) is 95.9 Å². The molecule has 0 aromatic carbocycles. The average Bonchev–Trinajstić information content (AvgIpc) is 3.55. The van der Waals surface area contributed by atoms with Gasteiger partial charge in [0.1, 0.15) is 0 Å². The highest BCUT2D eigenvalue weighted by Crippen LogP contribution is 2.20. The number of ether oxygens (including phenoxy) is 1. The minimum Gasteiger partial charge on any atom is -0.466 e. The van der Waals surface area contributed by atoms with Crippen LogP contribution in [0.3, 0.4) is 0 Å². The van der Waals surface area contributed by atoms with Gasteiger partial charge in [0.15, 0.2) is 0 Å². The van der Waals surface area contributed by atoms with E-state index in [9.17, 15) is 19.8 Å². The molecule has 0 radical (unpaired) electrons. The highest BCUT2D eigenvalue weighted by molar-refractivity contribution is 5.76. The lowest BCUT2D eigenvalue weighted by molar-refractivity contribution is -0.143. The number of esters is 1. The molecule has 0 aliphatic rings. The van der Waals surface area contributed by atoms with Gasteiger partial charge >= 0.3 is 5.97 Å². The van der Waals surface area contributed by atoms with Gasteiger partial charge in [0.2, 0.25) is 5.91 Å². The Bertz CT molecular complexity index is 1400. The maximum atomic E-state index is 12.6. The molecular formula is C83H161NO5. The molecule has 0 aromatic rings. The van der Waals surface area contributed by atoms with Crippen LogP contribution in [0.2, 0.25) is 0 Å². The van der Waals surface area contributed by atoms with Crippen molar-refractivity contribution in [1.29, 1.82) is 0 Å². The van der Waals surface area contributed by atoms with Gasteiger partial charge < -0.3 is 20.3 Å². The van der Waals surface area contributed by atoms with Crippen LogP contribution < -0.4 is 5.32 Å². The second-order valence-corrected chi connectivity index (χ2v) is 28.5. The van der Waals surface area contributed by atoms with Crippen LogP contribution >= 0.6 is 0 Å². The van der Waals surface area contributed by atoms with E-state index in [0.29, 0.717) is 25.9 Å². The number of rotatable bonds is 78. The average molecular weight is 1250 g/mol. The molecule has 3 N–H and O–H groups in total. The van der Waals surface area contributed by atoms with Crippen molar-refractivity contribution in [2.45, 2.75) is 482 Å². The Hall–Kier alpha value is -1.66. The third-order valence-electron chi connectivity index (χ3n) is 19.5. The highest BCUT2D eigenvalue weighted by Gasteiger charge is 2.20. The largest absolute Gasteiger partial charge is 0.466 e. The van der Waals surface area contributed by atoms with E-state index in [2.05, 4.69) is 43.5 Å². The Morgan fingerprint density at radius 1 is 0.303 bits per heavy atom. The van der Waals surface area contributed by atoms with Crippen LogP contribution in [0.5, 0.6) is 0 Å². The van der Waals surface area contributed by atoms with Crippen LogP contribution in [0, 0.1) is 0 Å². The van der Waals surface area contributed by atoms with Crippen LogP contribution in [0.15, 0.2) is 24.3 Å². The monoisotopic (exact) mass is 1250 g/mol. The Kier molecular flexibility index (Phi) is 77.3. The van der Waals surface area contributed by atoms with Crippen LogP contribution in [-0.4, -0.2) is 47.4 Å². The number of hydrogen-bond donors (Lipinski definition) is 3.